The molecule has 2 aromatic carbocycles. The van der Waals surface area contributed by atoms with Crippen LogP contribution in [0.5, 0.6) is 0 Å². The molecule has 22 heavy (non-hydrogen) atoms. The van der Waals surface area contributed by atoms with Crippen molar-refractivity contribution in [2.24, 2.45) is 0 Å². The quantitative estimate of drug-likeness (QED) is 0.556. The zero-order chi connectivity index (χ0) is 16.3. The second-order valence-corrected chi connectivity index (χ2v) is 5.11. The molecular weight excluding hydrogens is 361 g/mol. The Kier molecular flexibility index (Phi) is 4.90. The normalized spacial score (nSPS) is 11.3. The third-order valence-electron chi connectivity index (χ3n) is 3.17. The van der Waals surface area contributed by atoms with Crippen molar-refractivity contribution in [3.63, 3.8) is 0 Å². The molecule has 0 atom stereocenters. The summed E-state index contributed by atoms with van der Waals surface area (Å²) in [6, 6.07) is 9.88. The molecule has 0 aliphatic rings. The van der Waals surface area contributed by atoms with Crippen LogP contribution >= 0.6 is 15.9 Å². The molecule has 0 aromatic heterocycles. The number of alkyl halides is 4. The Bertz CT molecular complexity index is 696. The molecule has 0 amide bonds. The number of halogens is 4. The first kappa shape index (κ1) is 16.5. The van der Waals surface area contributed by atoms with E-state index in [1.165, 1.54) is 31.4 Å². The molecule has 0 radical (unpaired) electrons. The van der Waals surface area contributed by atoms with Gasteiger partial charge in [-0.3, -0.25) is 0 Å². The highest BCUT2D eigenvalue weighted by Gasteiger charge is 2.34. The van der Waals surface area contributed by atoms with Gasteiger partial charge in [0.1, 0.15) is 0 Å². The van der Waals surface area contributed by atoms with Crippen LogP contribution in [-0.2, 0) is 16.2 Å². The number of hydrogen-bond donors (Lipinski definition) is 0. The molecule has 0 saturated carbocycles. The summed E-state index contributed by atoms with van der Waals surface area (Å²) in [7, 11) is 1.19. The first-order chi connectivity index (χ1) is 10.4. The number of carbonyl (C=O) groups is 1. The average molecular weight is 373 g/mol. The summed E-state index contributed by atoms with van der Waals surface area (Å²) in [6.07, 6.45) is -4.51. The van der Waals surface area contributed by atoms with Gasteiger partial charge in [0.2, 0.25) is 0 Å². The number of methoxy groups -OCH3 is 1. The van der Waals surface area contributed by atoms with Gasteiger partial charge in [-0.1, -0.05) is 40.2 Å². The number of rotatable bonds is 3. The average Bonchev–Trinajstić information content (AvgIpc) is 2.52. The molecule has 6 heteroatoms. The van der Waals surface area contributed by atoms with Gasteiger partial charge in [0, 0.05) is 5.33 Å². The van der Waals surface area contributed by atoms with E-state index in [-0.39, 0.29) is 16.7 Å². The fourth-order valence-electron chi connectivity index (χ4n) is 2.15. The summed E-state index contributed by atoms with van der Waals surface area (Å²) in [5.74, 6) is -0.673. The summed E-state index contributed by atoms with van der Waals surface area (Å²) in [5, 5.41) is 0.468. The Hall–Kier alpha value is -1.82. The van der Waals surface area contributed by atoms with E-state index in [4.69, 9.17) is 0 Å². The van der Waals surface area contributed by atoms with Crippen LogP contribution in [0.2, 0.25) is 0 Å². The first-order valence-corrected chi connectivity index (χ1v) is 7.44. The molecule has 116 valence electrons. The predicted molar refractivity (Wildman–Crippen MR) is 80.9 cm³/mol. The van der Waals surface area contributed by atoms with Crippen molar-refractivity contribution < 1.29 is 22.7 Å². The maximum absolute atomic E-state index is 13.2. The van der Waals surface area contributed by atoms with E-state index in [0.717, 1.165) is 11.6 Å². The number of carbonyl (C=O) groups excluding carboxylic acids is 1. The van der Waals surface area contributed by atoms with Crippen molar-refractivity contribution >= 4 is 21.9 Å². The molecule has 0 heterocycles. The minimum absolute atomic E-state index is 0.0433. The second-order valence-electron chi connectivity index (χ2n) is 4.55. The summed E-state index contributed by atoms with van der Waals surface area (Å²) in [5.41, 5.74) is 0.241. The van der Waals surface area contributed by atoms with Crippen molar-refractivity contribution in [3.05, 3.63) is 59.2 Å². The van der Waals surface area contributed by atoms with Crippen molar-refractivity contribution in [2.75, 3.05) is 7.11 Å². The number of ether oxygens (including phenoxy) is 1. The number of benzene rings is 2. The standard InChI is InChI=1S/C16H12BrF3O2/c1-22-15(21)12-7-6-10(9-17)8-13(12)11-4-2-3-5-14(11)16(18,19)20/h2-8H,9H2,1H3. The lowest BCUT2D eigenvalue weighted by Crippen LogP contribution is -2.10. The Labute approximate surface area is 134 Å². The fourth-order valence-corrected chi connectivity index (χ4v) is 2.50. The molecule has 2 nitrogen and oxygen atoms in total. The second kappa shape index (κ2) is 6.52. The monoisotopic (exact) mass is 372 g/mol. The van der Waals surface area contributed by atoms with Gasteiger partial charge in [0.25, 0.3) is 0 Å². The number of hydrogen-bond acceptors (Lipinski definition) is 2. The maximum atomic E-state index is 13.2. The van der Waals surface area contributed by atoms with Crippen LogP contribution in [0, 0.1) is 0 Å². The minimum Gasteiger partial charge on any atom is -0.465 e. The van der Waals surface area contributed by atoms with Crippen LogP contribution in [0.4, 0.5) is 13.2 Å². The molecule has 0 fully saturated rings. The van der Waals surface area contributed by atoms with Gasteiger partial charge in [-0.05, 0) is 34.9 Å². The number of esters is 1. The summed E-state index contributed by atoms with van der Waals surface area (Å²) in [4.78, 5) is 11.9. The molecule has 0 spiro atoms. The van der Waals surface area contributed by atoms with E-state index in [2.05, 4.69) is 20.7 Å². The Balaban J connectivity index is 2.73. The molecule has 2 rings (SSSR count). The van der Waals surface area contributed by atoms with Crippen LogP contribution in [-0.4, -0.2) is 13.1 Å². The van der Waals surface area contributed by atoms with E-state index in [1.807, 2.05) is 0 Å². The van der Waals surface area contributed by atoms with E-state index >= 15 is 0 Å². The lowest BCUT2D eigenvalue weighted by molar-refractivity contribution is -0.137. The maximum Gasteiger partial charge on any atom is 0.417 e. The first-order valence-electron chi connectivity index (χ1n) is 6.32. The lowest BCUT2D eigenvalue weighted by Gasteiger charge is -2.16. The molecule has 0 unspecified atom stereocenters. The minimum atomic E-state index is -4.51. The topological polar surface area (TPSA) is 26.3 Å². The van der Waals surface area contributed by atoms with E-state index in [0.29, 0.717) is 5.33 Å². The Morgan fingerprint density at radius 2 is 1.82 bits per heavy atom. The molecule has 0 saturated heterocycles. The zero-order valence-corrected chi connectivity index (χ0v) is 13.2. The SMILES string of the molecule is COC(=O)c1ccc(CBr)cc1-c1ccccc1C(F)(F)F. The zero-order valence-electron chi connectivity index (χ0n) is 11.6. The molecule has 0 aliphatic carbocycles. The van der Waals surface area contributed by atoms with Crippen LogP contribution in [0.15, 0.2) is 42.5 Å². The Morgan fingerprint density at radius 1 is 1.14 bits per heavy atom. The highest BCUT2D eigenvalue weighted by atomic mass is 79.9. The van der Waals surface area contributed by atoms with Gasteiger partial charge >= 0.3 is 12.1 Å². The summed E-state index contributed by atoms with van der Waals surface area (Å²) >= 11 is 3.26. The largest absolute Gasteiger partial charge is 0.465 e. The van der Waals surface area contributed by atoms with Gasteiger partial charge in [-0.25, -0.2) is 4.79 Å². The molecule has 2 aromatic rings. The third-order valence-corrected chi connectivity index (χ3v) is 3.81. The van der Waals surface area contributed by atoms with Gasteiger partial charge in [0.15, 0.2) is 0 Å². The van der Waals surface area contributed by atoms with Crippen LogP contribution in [0.1, 0.15) is 21.5 Å². The Morgan fingerprint density at radius 3 is 2.41 bits per heavy atom. The summed E-state index contributed by atoms with van der Waals surface area (Å²) in [6.45, 7) is 0. The van der Waals surface area contributed by atoms with Gasteiger partial charge < -0.3 is 4.74 Å². The van der Waals surface area contributed by atoms with Crippen molar-refractivity contribution in [3.8, 4) is 11.1 Å². The van der Waals surface area contributed by atoms with Crippen molar-refractivity contribution in [1.29, 1.82) is 0 Å². The molecule has 0 bridgehead atoms. The van der Waals surface area contributed by atoms with E-state index < -0.39 is 17.7 Å². The van der Waals surface area contributed by atoms with Crippen LogP contribution in [0.25, 0.3) is 11.1 Å². The van der Waals surface area contributed by atoms with Gasteiger partial charge in [-0.2, -0.15) is 13.2 Å². The van der Waals surface area contributed by atoms with E-state index in [1.54, 1.807) is 12.1 Å². The molecule has 0 aliphatic heterocycles. The highest BCUT2D eigenvalue weighted by molar-refractivity contribution is 9.08. The van der Waals surface area contributed by atoms with Crippen molar-refractivity contribution in [2.45, 2.75) is 11.5 Å². The summed E-state index contributed by atoms with van der Waals surface area (Å²) < 4.78 is 44.3. The van der Waals surface area contributed by atoms with E-state index in [9.17, 15) is 18.0 Å². The van der Waals surface area contributed by atoms with Crippen LogP contribution in [0.3, 0.4) is 0 Å². The molecule has 0 N–H and O–H groups in total. The van der Waals surface area contributed by atoms with Gasteiger partial charge in [-0.15, -0.1) is 0 Å². The third kappa shape index (κ3) is 3.32. The highest BCUT2D eigenvalue weighted by Crippen LogP contribution is 2.38. The molecular formula is C16H12BrF3O2. The van der Waals surface area contributed by atoms with Crippen molar-refractivity contribution in [1.82, 2.24) is 0 Å². The van der Waals surface area contributed by atoms with Crippen LogP contribution < -0.4 is 0 Å². The smallest absolute Gasteiger partial charge is 0.417 e. The van der Waals surface area contributed by atoms with Gasteiger partial charge in [0.05, 0.1) is 18.2 Å². The predicted octanol–water partition coefficient (Wildman–Crippen LogP) is 5.05. The fraction of sp³-hybridized carbons (Fsp3) is 0.188. The lowest BCUT2D eigenvalue weighted by atomic mass is 9.93.